The zero-order valence-corrected chi connectivity index (χ0v) is 11.3. The maximum atomic E-state index is 5.59. The van der Waals surface area contributed by atoms with Crippen LogP contribution in [0.3, 0.4) is 0 Å². The van der Waals surface area contributed by atoms with Gasteiger partial charge < -0.3 is 4.52 Å². The fourth-order valence-electron chi connectivity index (χ4n) is 1.10. The summed E-state index contributed by atoms with van der Waals surface area (Å²) in [5.41, 5.74) is 0.847. The number of rotatable bonds is 2. The third kappa shape index (κ3) is 2.59. The lowest BCUT2D eigenvalue weighted by molar-refractivity contribution is 0.425. The van der Waals surface area contributed by atoms with Crippen LogP contribution >= 0.6 is 43.5 Å². The van der Waals surface area contributed by atoms with Crippen molar-refractivity contribution in [2.24, 2.45) is 0 Å². The standard InChI is InChI=1S/C9H5Br2ClN2O/c10-6-1-5(2-7(11)3-6)9-13-8(4-12)14-15-9/h1-3H,4H2. The van der Waals surface area contributed by atoms with Crippen molar-refractivity contribution in [1.82, 2.24) is 10.1 Å². The Morgan fingerprint density at radius 2 is 1.87 bits per heavy atom. The van der Waals surface area contributed by atoms with Crippen LogP contribution in [-0.2, 0) is 5.88 Å². The van der Waals surface area contributed by atoms with E-state index in [4.69, 9.17) is 16.1 Å². The average molecular weight is 352 g/mol. The first-order chi connectivity index (χ1) is 7.19. The van der Waals surface area contributed by atoms with Crippen molar-refractivity contribution in [3.8, 4) is 11.5 Å². The molecule has 0 spiro atoms. The molecule has 0 unspecified atom stereocenters. The summed E-state index contributed by atoms with van der Waals surface area (Å²) in [6, 6.07) is 5.73. The van der Waals surface area contributed by atoms with E-state index in [-0.39, 0.29) is 5.88 Å². The molecule has 0 saturated heterocycles. The summed E-state index contributed by atoms with van der Waals surface area (Å²) in [5.74, 6) is 1.20. The van der Waals surface area contributed by atoms with Crippen LogP contribution in [0, 0.1) is 0 Å². The van der Waals surface area contributed by atoms with Crippen LogP contribution in [-0.4, -0.2) is 10.1 Å². The van der Waals surface area contributed by atoms with E-state index in [1.807, 2.05) is 18.2 Å². The first kappa shape index (κ1) is 11.1. The van der Waals surface area contributed by atoms with Gasteiger partial charge in [-0.25, -0.2) is 0 Å². The normalized spacial score (nSPS) is 10.6. The summed E-state index contributed by atoms with van der Waals surface area (Å²) < 4.78 is 6.95. The molecule has 0 aliphatic carbocycles. The van der Waals surface area contributed by atoms with Crippen LogP contribution in [0.15, 0.2) is 31.7 Å². The molecule has 0 saturated carbocycles. The minimum atomic E-state index is 0.249. The van der Waals surface area contributed by atoms with Crippen LogP contribution in [0.4, 0.5) is 0 Å². The molecule has 0 radical (unpaired) electrons. The van der Waals surface area contributed by atoms with Gasteiger partial charge in [0.25, 0.3) is 5.89 Å². The van der Waals surface area contributed by atoms with Gasteiger partial charge in [0.15, 0.2) is 5.82 Å². The van der Waals surface area contributed by atoms with Crippen molar-refractivity contribution >= 4 is 43.5 Å². The van der Waals surface area contributed by atoms with E-state index in [1.54, 1.807) is 0 Å². The van der Waals surface area contributed by atoms with Crippen LogP contribution in [0.1, 0.15) is 5.82 Å². The van der Waals surface area contributed by atoms with E-state index in [2.05, 4.69) is 42.0 Å². The molecule has 78 valence electrons. The van der Waals surface area contributed by atoms with Gasteiger partial charge in [0.05, 0.1) is 5.88 Å². The third-order valence-corrected chi connectivity index (χ3v) is 2.85. The topological polar surface area (TPSA) is 38.9 Å². The molecule has 1 aromatic heterocycles. The van der Waals surface area contributed by atoms with Gasteiger partial charge >= 0.3 is 0 Å². The molecule has 0 fully saturated rings. The molecule has 1 heterocycles. The quantitative estimate of drug-likeness (QED) is 0.767. The maximum absolute atomic E-state index is 5.59. The molecular weight excluding hydrogens is 347 g/mol. The number of nitrogens with zero attached hydrogens (tertiary/aromatic N) is 2. The predicted octanol–water partition coefficient (Wildman–Crippen LogP) is 4.00. The summed E-state index contributed by atoms with van der Waals surface area (Å²) in [6.45, 7) is 0. The average Bonchev–Trinajstić information content (AvgIpc) is 2.64. The Kier molecular flexibility index (Phi) is 3.43. The maximum Gasteiger partial charge on any atom is 0.258 e. The zero-order valence-electron chi connectivity index (χ0n) is 7.38. The van der Waals surface area contributed by atoms with E-state index in [9.17, 15) is 0 Å². The Bertz CT molecular complexity index is 466. The summed E-state index contributed by atoms with van der Waals surface area (Å²) in [4.78, 5) is 4.13. The summed E-state index contributed by atoms with van der Waals surface area (Å²) in [6.07, 6.45) is 0. The van der Waals surface area contributed by atoms with Crippen molar-refractivity contribution in [2.75, 3.05) is 0 Å². The third-order valence-electron chi connectivity index (χ3n) is 1.70. The van der Waals surface area contributed by atoms with Crippen molar-refractivity contribution in [3.05, 3.63) is 33.0 Å². The number of aromatic nitrogens is 2. The molecule has 3 nitrogen and oxygen atoms in total. The second-order valence-electron chi connectivity index (χ2n) is 2.81. The highest BCUT2D eigenvalue weighted by molar-refractivity contribution is 9.11. The Morgan fingerprint density at radius 1 is 1.20 bits per heavy atom. The highest BCUT2D eigenvalue weighted by Crippen LogP contribution is 2.26. The van der Waals surface area contributed by atoms with Gasteiger partial charge in [-0.2, -0.15) is 4.98 Å². The van der Waals surface area contributed by atoms with Crippen LogP contribution < -0.4 is 0 Å². The minimum absolute atomic E-state index is 0.249. The van der Waals surface area contributed by atoms with Crippen LogP contribution in [0.5, 0.6) is 0 Å². The monoisotopic (exact) mass is 350 g/mol. The van der Waals surface area contributed by atoms with Gasteiger partial charge in [0.2, 0.25) is 0 Å². The summed E-state index contributed by atoms with van der Waals surface area (Å²) in [7, 11) is 0. The van der Waals surface area contributed by atoms with E-state index in [1.165, 1.54) is 0 Å². The molecule has 0 amide bonds. The molecular formula is C9H5Br2ClN2O. The van der Waals surface area contributed by atoms with Gasteiger partial charge in [-0.3, -0.25) is 0 Å². The number of hydrogen-bond donors (Lipinski definition) is 0. The van der Waals surface area contributed by atoms with E-state index in [0.717, 1.165) is 14.5 Å². The number of benzene rings is 1. The SMILES string of the molecule is ClCc1noc(-c2cc(Br)cc(Br)c2)n1. The van der Waals surface area contributed by atoms with Gasteiger partial charge in [-0.05, 0) is 18.2 Å². The minimum Gasteiger partial charge on any atom is -0.334 e. The Balaban J connectivity index is 2.44. The molecule has 0 aliphatic rings. The zero-order chi connectivity index (χ0) is 10.8. The van der Waals surface area contributed by atoms with Crippen molar-refractivity contribution < 1.29 is 4.52 Å². The van der Waals surface area contributed by atoms with Crippen molar-refractivity contribution in [2.45, 2.75) is 5.88 Å². The lowest BCUT2D eigenvalue weighted by Crippen LogP contribution is -1.81. The van der Waals surface area contributed by atoms with E-state index in [0.29, 0.717) is 11.7 Å². The van der Waals surface area contributed by atoms with Gasteiger partial charge in [-0.1, -0.05) is 37.0 Å². The number of alkyl halides is 1. The molecule has 6 heteroatoms. The molecule has 2 aromatic rings. The largest absolute Gasteiger partial charge is 0.334 e. The molecule has 1 aromatic carbocycles. The smallest absolute Gasteiger partial charge is 0.258 e. The van der Waals surface area contributed by atoms with Crippen LogP contribution in [0.25, 0.3) is 11.5 Å². The van der Waals surface area contributed by atoms with Gasteiger partial charge in [0, 0.05) is 14.5 Å². The molecule has 2 rings (SSSR count). The van der Waals surface area contributed by atoms with Crippen molar-refractivity contribution in [3.63, 3.8) is 0 Å². The Morgan fingerprint density at radius 3 is 2.40 bits per heavy atom. The molecule has 0 bridgehead atoms. The fraction of sp³-hybridized carbons (Fsp3) is 0.111. The second-order valence-corrected chi connectivity index (χ2v) is 4.91. The first-order valence-electron chi connectivity index (χ1n) is 4.04. The van der Waals surface area contributed by atoms with E-state index < -0.39 is 0 Å². The Labute approximate surface area is 108 Å². The predicted molar refractivity (Wildman–Crippen MR) is 64.7 cm³/mol. The highest BCUT2D eigenvalue weighted by atomic mass is 79.9. The van der Waals surface area contributed by atoms with E-state index >= 15 is 0 Å². The van der Waals surface area contributed by atoms with Gasteiger partial charge in [-0.15, -0.1) is 11.6 Å². The first-order valence-corrected chi connectivity index (χ1v) is 6.16. The molecule has 15 heavy (non-hydrogen) atoms. The highest BCUT2D eigenvalue weighted by Gasteiger charge is 2.09. The van der Waals surface area contributed by atoms with Crippen LogP contribution in [0.2, 0.25) is 0 Å². The number of halogens is 3. The molecule has 0 aliphatic heterocycles. The molecule has 0 atom stereocenters. The lowest BCUT2D eigenvalue weighted by atomic mass is 10.2. The summed E-state index contributed by atoms with van der Waals surface area (Å²) in [5, 5.41) is 3.72. The summed E-state index contributed by atoms with van der Waals surface area (Å²) >= 11 is 12.4. The lowest BCUT2D eigenvalue weighted by Gasteiger charge is -1.97. The fourth-order valence-corrected chi connectivity index (χ4v) is 2.51. The number of hydrogen-bond acceptors (Lipinski definition) is 3. The van der Waals surface area contributed by atoms with Gasteiger partial charge in [0.1, 0.15) is 0 Å². The Hall–Kier alpha value is -0.390. The van der Waals surface area contributed by atoms with Crippen molar-refractivity contribution in [1.29, 1.82) is 0 Å². The second kappa shape index (κ2) is 4.63. The molecule has 0 N–H and O–H groups in total.